The van der Waals surface area contributed by atoms with E-state index in [1.165, 1.54) is 21.8 Å². The maximum atomic E-state index is 6.90. The quantitative estimate of drug-likeness (QED) is 0.175. The van der Waals surface area contributed by atoms with Crippen LogP contribution in [0.1, 0.15) is 0 Å². The van der Waals surface area contributed by atoms with Gasteiger partial charge in [-0.1, -0.05) is 109 Å². The molecule has 0 saturated heterocycles. The molecule has 0 spiro atoms. The molecule has 2 aliphatic rings. The summed E-state index contributed by atoms with van der Waals surface area (Å²) in [6.45, 7) is -0.279. The molecule has 0 aliphatic carbocycles. The minimum Gasteiger partial charge on any atom is -0.551 e. The summed E-state index contributed by atoms with van der Waals surface area (Å²) in [6.07, 6.45) is 0. The molecule has 2 aromatic heterocycles. The zero-order valence-electron chi connectivity index (χ0n) is 28.4. The fourth-order valence-corrected chi connectivity index (χ4v) is 8.69. The molecule has 2 aliphatic heterocycles. The molecule has 5 heteroatoms. The number of nitrogens with zero attached hydrogens (tertiary/aromatic N) is 1. The van der Waals surface area contributed by atoms with Crippen molar-refractivity contribution in [1.82, 2.24) is 4.57 Å². The van der Waals surface area contributed by atoms with E-state index >= 15 is 0 Å². The highest BCUT2D eigenvalue weighted by atomic mass is 16.5. The molecule has 53 heavy (non-hydrogen) atoms. The number of hydrogen-bond acceptors (Lipinski definition) is 3. The number of fused-ring (bicyclic) bond motifs is 10. The third-order valence-corrected chi connectivity index (χ3v) is 11.1. The van der Waals surface area contributed by atoms with Crippen molar-refractivity contribution < 1.29 is 13.8 Å². The van der Waals surface area contributed by atoms with Gasteiger partial charge in [-0.3, -0.25) is 0 Å². The van der Waals surface area contributed by atoms with E-state index in [1.54, 1.807) is 0 Å². The number of ether oxygens (including phenoxy) is 1. The van der Waals surface area contributed by atoms with Crippen LogP contribution in [0.4, 0.5) is 0 Å². The molecule has 0 saturated carbocycles. The van der Waals surface area contributed by atoms with Crippen LogP contribution in [0, 0.1) is 0 Å². The molecule has 0 N–H and O–H groups in total. The third kappa shape index (κ3) is 4.13. The van der Waals surface area contributed by atoms with Gasteiger partial charge in [-0.25, -0.2) is 0 Å². The van der Waals surface area contributed by atoms with Gasteiger partial charge in [0.25, 0.3) is 0 Å². The van der Waals surface area contributed by atoms with Gasteiger partial charge in [-0.15, -0.1) is 0 Å². The Morgan fingerprint density at radius 3 is 1.96 bits per heavy atom. The second kappa shape index (κ2) is 10.8. The van der Waals surface area contributed by atoms with E-state index in [0.717, 1.165) is 89.2 Å². The molecule has 0 bridgehead atoms. The fraction of sp³-hybridized carbons (Fsp3) is 0. The largest absolute Gasteiger partial charge is 0.551 e. The summed E-state index contributed by atoms with van der Waals surface area (Å²) in [4.78, 5) is 0. The summed E-state index contributed by atoms with van der Waals surface area (Å²) in [5.41, 5.74) is 14.1. The summed E-state index contributed by atoms with van der Waals surface area (Å²) in [5.74, 6) is 2.51. The normalized spacial score (nSPS) is 12.8. The van der Waals surface area contributed by atoms with Crippen LogP contribution >= 0.6 is 0 Å². The van der Waals surface area contributed by atoms with Crippen molar-refractivity contribution in [3.63, 3.8) is 0 Å². The molecule has 4 heterocycles. The summed E-state index contributed by atoms with van der Waals surface area (Å²) < 4.78 is 22.2. The second-order valence-corrected chi connectivity index (χ2v) is 14.0. The minimum absolute atomic E-state index is 0.279. The monoisotopic (exact) mass is 677 g/mol. The van der Waals surface area contributed by atoms with Crippen LogP contribution in [0.5, 0.6) is 17.2 Å². The highest BCUT2D eigenvalue weighted by molar-refractivity contribution is 6.84. The topological polar surface area (TPSA) is 36.5 Å². The van der Waals surface area contributed by atoms with Gasteiger partial charge in [0.05, 0.1) is 16.7 Å². The highest BCUT2D eigenvalue weighted by Crippen LogP contribution is 2.43. The Balaban J connectivity index is 0.950. The van der Waals surface area contributed by atoms with Gasteiger partial charge in [-0.05, 0) is 82.9 Å². The Morgan fingerprint density at radius 2 is 1.09 bits per heavy atom. The first-order valence-electron chi connectivity index (χ1n) is 18.0. The van der Waals surface area contributed by atoms with Crippen molar-refractivity contribution >= 4 is 61.6 Å². The van der Waals surface area contributed by atoms with Crippen molar-refractivity contribution in [3.05, 3.63) is 170 Å². The van der Waals surface area contributed by atoms with Gasteiger partial charge in [0.2, 0.25) is 0 Å². The minimum atomic E-state index is -0.279. The molecule has 8 aromatic carbocycles. The molecule has 10 aromatic rings. The molecule has 0 fully saturated rings. The second-order valence-electron chi connectivity index (χ2n) is 14.0. The SMILES string of the molecule is c1ccc(-n2c3ccccc3c3ccccc32)c(-c2ccc3c(c2)Oc2cccc4c2B3Oc2ccc(-c3ccc5oc6ccccc6c5c3)cc2-4)c1. The first-order valence-corrected chi connectivity index (χ1v) is 18.0. The lowest BCUT2D eigenvalue weighted by Crippen LogP contribution is -2.53. The average Bonchev–Trinajstić information content (AvgIpc) is 3.76. The molecule has 0 radical (unpaired) electrons. The standard InChI is InChI=1S/C48H28BNO3/c1-5-15-40(50-41-16-6-2-11-33(41)34-12-3-7-17-42(34)50)32(10-1)31-20-23-39-47(28-31)52-46-19-9-14-36-38-27-30(22-25-45(38)53-49(39)48(36)46)29-21-24-44-37(26-29)35-13-4-8-18-43(35)51-44/h1-28H. The first kappa shape index (κ1) is 28.7. The van der Waals surface area contributed by atoms with Gasteiger partial charge in [-0.2, -0.15) is 0 Å². The van der Waals surface area contributed by atoms with Crippen molar-refractivity contribution in [1.29, 1.82) is 0 Å². The van der Waals surface area contributed by atoms with Crippen LogP contribution < -0.4 is 20.3 Å². The fourth-order valence-electron chi connectivity index (χ4n) is 8.69. The van der Waals surface area contributed by atoms with E-state index in [-0.39, 0.29) is 6.92 Å². The zero-order valence-corrected chi connectivity index (χ0v) is 28.4. The third-order valence-electron chi connectivity index (χ3n) is 11.1. The molecule has 0 atom stereocenters. The molecule has 0 unspecified atom stereocenters. The predicted molar refractivity (Wildman–Crippen MR) is 217 cm³/mol. The van der Waals surface area contributed by atoms with Crippen molar-refractivity contribution in [2.24, 2.45) is 0 Å². The van der Waals surface area contributed by atoms with Crippen LogP contribution in [-0.2, 0) is 0 Å². The number of furan rings is 1. The van der Waals surface area contributed by atoms with Crippen LogP contribution in [0.25, 0.3) is 82.8 Å². The average molecular weight is 678 g/mol. The van der Waals surface area contributed by atoms with Gasteiger partial charge < -0.3 is 18.4 Å². The Hall–Kier alpha value is -6.98. The van der Waals surface area contributed by atoms with Crippen LogP contribution in [0.3, 0.4) is 0 Å². The van der Waals surface area contributed by atoms with Gasteiger partial charge in [0.1, 0.15) is 28.4 Å². The number of hydrogen-bond donors (Lipinski definition) is 0. The van der Waals surface area contributed by atoms with Gasteiger partial charge >= 0.3 is 6.92 Å². The van der Waals surface area contributed by atoms with Crippen molar-refractivity contribution in [3.8, 4) is 56.3 Å². The van der Waals surface area contributed by atoms with Gasteiger partial charge in [0.15, 0.2) is 0 Å². The lowest BCUT2D eigenvalue weighted by atomic mass is 9.51. The lowest BCUT2D eigenvalue weighted by molar-refractivity contribution is 0.479. The van der Waals surface area contributed by atoms with E-state index in [4.69, 9.17) is 13.8 Å². The van der Waals surface area contributed by atoms with E-state index in [1.807, 2.05) is 12.1 Å². The Morgan fingerprint density at radius 1 is 0.415 bits per heavy atom. The predicted octanol–water partition coefficient (Wildman–Crippen LogP) is 11.3. The maximum Gasteiger partial charge on any atom is 0.434 e. The molecular formula is C48H28BNO3. The Bertz CT molecular complexity index is 3100. The van der Waals surface area contributed by atoms with E-state index in [0.29, 0.717) is 0 Å². The van der Waals surface area contributed by atoms with E-state index < -0.39 is 0 Å². The summed E-state index contributed by atoms with van der Waals surface area (Å²) in [6, 6.07) is 60.0. The molecule has 12 rings (SSSR count). The van der Waals surface area contributed by atoms with Crippen LogP contribution in [0.15, 0.2) is 174 Å². The summed E-state index contributed by atoms with van der Waals surface area (Å²) >= 11 is 0. The van der Waals surface area contributed by atoms with Crippen LogP contribution in [0.2, 0.25) is 0 Å². The molecule has 4 nitrogen and oxygen atoms in total. The van der Waals surface area contributed by atoms with Gasteiger partial charge in [0, 0.05) is 43.6 Å². The number of rotatable bonds is 3. The number of para-hydroxylation sites is 4. The highest BCUT2D eigenvalue weighted by Gasteiger charge is 2.40. The van der Waals surface area contributed by atoms with Crippen LogP contribution in [-0.4, -0.2) is 11.5 Å². The Labute approximate surface area is 305 Å². The lowest BCUT2D eigenvalue weighted by Gasteiger charge is -2.33. The smallest absolute Gasteiger partial charge is 0.434 e. The first-order chi connectivity index (χ1) is 26.3. The van der Waals surface area contributed by atoms with E-state index in [9.17, 15) is 0 Å². The number of benzene rings is 8. The number of aromatic nitrogens is 1. The molecular weight excluding hydrogens is 649 g/mol. The maximum absolute atomic E-state index is 6.90. The molecule has 246 valence electrons. The van der Waals surface area contributed by atoms with Crippen molar-refractivity contribution in [2.75, 3.05) is 0 Å². The summed E-state index contributed by atoms with van der Waals surface area (Å²) in [5, 5.41) is 4.73. The van der Waals surface area contributed by atoms with Crippen molar-refractivity contribution in [2.45, 2.75) is 0 Å². The summed E-state index contributed by atoms with van der Waals surface area (Å²) in [7, 11) is 0. The molecule has 0 amide bonds. The van der Waals surface area contributed by atoms with E-state index in [2.05, 4.69) is 162 Å². The Kier molecular flexibility index (Phi) is 5.83. The zero-order chi connectivity index (χ0) is 34.6.